The molecule has 96 valence electrons. The van der Waals surface area contributed by atoms with Crippen molar-refractivity contribution in [1.29, 1.82) is 0 Å². The maximum atomic E-state index is 12.1. The summed E-state index contributed by atoms with van der Waals surface area (Å²) in [6.45, 7) is 2.46. The van der Waals surface area contributed by atoms with Crippen LogP contribution >= 0.6 is 0 Å². The van der Waals surface area contributed by atoms with Crippen molar-refractivity contribution >= 4 is 17.5 Å². The van der Waals surface area contributed by atoms with Crippen molar-refractivity contribution in [2.75, 3.05) is 6.61 Å². The Hall–Kier alpha value is -2.01. The Balaban J connectivity index is 3.17. The predicted molar refractivity (Wildman–Crippen MR) is 63.0 cm³/mol. The Kier molecular flexibility index (Phi) is 4.33. The van der Waals surface area contributed by atoms with E-state index in [-0.39, 0.29) is 12.2 Å². The van der Waals surface area contributed by atoms with E-state index in [9.17, 15) is 19.5 Å². The number of ketones is 2. The van der Waals surface area contributed by atoms with Crippen LogP contribution in [0.4, 0.5) is 0 Å². The number of ether oxygens (including phenoxy) is 1. The summed E-state index contributed by atoms with van der Waals surface area (Å²) in [7, 11) is 0. The first kappa shape index (κ1) is 14.1. The predicted octanol–water partition coefficient (Wildman–Crippen LogP) is 0.752. The molecule has 1 rings (SSSR count). The molecular weight excluding hydrogens is 236 g/mol. The van der Waals surface area contributed by atoms with Crippen molar-refractivity contribution in [3.63, 3.8) is 0 Å². The average Bonchev–Trinajstić information content (AvgIpc) is 2.37. The van der Waals surface area contributed by atoms with Crippen LogP contribution in [0, 0.1) is 0 Å². The smallest absolute Gasteiger partial charge is 0.354 e. The minimum atomic E-state index is -2.77. The van der Waals surface area contributed by atoms with Crippen LogP contribution in [0.2, 0.25) is 0 Å². The number of rotatable bonds is 5. The van der Waals surface area contributed by atoms with Crippen LogP contribution in [-0.4, -0.2) is 34.9 Å². The van der Waals surface area contributed by atoms with E-state index in [0.29, 0.717) is 0 Å². The highest BCUT2D eigenvalue weighted by atomic mass is 16.6. The first-order valence-electron chi connectivity index (χ1n) is 5.45. The van der Waals surface area contributed by atoms with Gasteiger partial charge in [0.1, 0.15) is 0 Å². The highest BCUT2D eigenvalue weighted by molar-refractivity contribution is 6.30. The van der Waals surface area contributed by atoms with Gasteiger partial charge in [-0.3, -0.25) is 9.59 Å². The van der Waals surface area contributed by atoms with E-state index >= 15 is 0 Å². The zero-order chi connectivity index (χ0) is 13.8. The van der Waals surface area contributed by atoms with Crippen LogP contribution in [0.25, 0.3) is 0 Å². The molecule has 1 N–H and O–H groups in total. The van der Waals surface area contributed by atoms with Crippen LogP contribution in [-0.2, 0) is 14.3 Å². The Labute approximate surface area is 104 Å². The van der Waals surface area contributed by atoms with Gasteiger partial charge in [0.05, 0.1) is 6.61 Å². The average molecular weight is 250 g/mol. The zero-order valence-corrected chi connectivity index (χ0v) is 10.2. The van der Waals surface area contributed by atoms with E-state index in [4.69, 9.17) is 0 Å². The largest absolute Gasteiger partial charge is 0.463 e. The summed E-state index contributed by atoms with van der Waals surface area (Å²) in [5.41, 5.74) is -2.69. The first-order valence-corrected chi connectivity index (χ1v) is 5.45. The van der Waals surface area contributed by atoms with Crippen molar-refractivity contribution in [1.82, 2.24) is 0 Å². The molecular formula is C13H14O5. The number of carbonyl (C=O) groups excluding carboxylic acids is 3. The molecule has 0 spiro atoms. The van der Waals surface area contributed by atoms with E-state index in [0.717, 1.165) is 6.92 Å². The molecule has 0 aromatic heterocycles. The molecule has 18 heavy (non-hydrogen) atoms. The second-order valence-corrected chi connectivity index (χ2v) is 3.68. The summed E-state index contributed by atoms with van der Waals surface area (Å²) < 4.78 is 4.58. The second kappa shape index (κ2) is 5.55. The molecule has 0 saturated carbocycles. The Morgan fingerprint density at radius 3 is 2.22 bits per heavy atom. The van der Waals surface area contributed by atoms with E-state index in [2.05, 4.69) is 4.74 Å². The summed E-state index contributed by atoms with van der Waals surface area (Å²) in [6, 6.07) is 7.64. The monoisotopic (exact) mass is 250 g/mol. The minimum absolute atomic E-state index is 0.0313. The van der Waals surface area contributed by atoms with Crippen LogP contribution in [0.5, 0.6) is 0 Å². The fourth-order valence-corrected chi connectivity index (χ4v) is 1.43. The molecule has 5 nitrogen and oxygen atoms in total. The van der Waals surface area contributed by atoms with E-state index in [1.807, 2.05) is 0 Å². The van der Waals surface area contributed by atoms with E-state index in [1.54, 1.807) is 18.2 Å². The van der Waals surface area contributed by atoms with Gasteiger partial charge in [-0.15, -0.1) is 0 Å². The van der Waals surface area contributed by atoms with Crippen molar-refractivity contribution in [2.45, 2.75) is 19.4 Å². The number of esters is 1. The molecule has 0 saturated heterocycles. The van der Waals surface area contributed by atoms with E-state index in [1.165, 1.54) is 19.1 Å². The molecule has 0 bridgehead atoms. The summed E-state index contributed by atoms with van der Waals surface area (Å²) in [5, 5.41) is 10.0. The fraction of sp³-hybridized carbons (Fsp3) is 0.308. The van der Waals surface area contributed by atoms with Crippen molar-refractivity contribution in [3.05, 3.63) is 35.9 Å². The molecule has 1 aromatic carbocycles. The van der Waals surface area contributed by atoms with Gasteiger partial charge in [0, 0.05) is 5.56 Å². The molecule has 0 amide bonds. The molecule has 0 aliphatic rings. The zero-order valence-electron chi connectivity index (χ0n) is 10.2. The van der Waals surface area contributed by atoms with Gasteiger partial charge in [0.2, 0.25) is 5.78 Å². The third-order valence-corrected chi connectivity index (χ3v) is 2.44. The Bertz CT molecular complexity index is 466. The number of aliphatic hydroxyl groups is 1. The van der Waals surface area contributed by atoms with Crippen molar-refractivity contribution in [3.8, 4) is 0 Å². The van der Waals surface area contributed by atoms with Crippen LogP contribution < -0.4 is 0 Å². The summed E-state index contributed by atoms with van der Waals surface area (Å²) >= 11 is 0. The van der Waals surface area contributed by atoms with Crippen LogP contribution in [0.3, 0.4) is 0 Å². The molecule has 0 fully saturated rings. The first-order chi connectivity index (χ1) is 8.44. The van der Waals surface area contributed by atoms with Crippen LogP contribution in [0.15, 0.2) is 30.3 Å². The van der Waals surface area contributed by atoms with Crippen molar-refractivity contribution < 1.29 is 24.2 Å². The van der Waals surface area contributed by atoms with Gasteiger partial charge in [0.15, 0.2) is 5.78 Å². The van der Waals surface area contributed by atoms with Gasteiger partial charge >= 0.3 is 5.97 Å². The number of hydrogen-bond donors (Lipinski definition) is 1. The minimum Gasteiger partial charge on any atom is -0.463 e. The number of hydrogen-bond acceptors (Lipinski definition) is 5. The topological polar surface area (TPSA) is 80.7 Å². The summed E-state index contributed by atoms with van der Waals surface area (Å²) in [6.07, 6.45) is 0. The quantitative estimate of drug-likeness (QED) is 0.474. The molecule has 0 radical (unpaired) electrons. The van der Waals surface area contributed by atoms with Gasteiger partial charge in [-0.25, -0.2) is 4.79 Å². The second-order valence-electron chi connectivity index (χ2n) is 3.68. The molecule has 5 heteroatoms. The molecule has 1 aromatic rings. The lowest BCUT2D eigenvalue weighted by atomic mass is 9.89. The molecule has 0 aliphatic heterocycles. The number of benzene rings is 1. The molecule has 1 atom stereocenters. The fourth-order valence-electron chi connectivity index (χ4n) is 1.43. The lowest BCUT2D eigenvalue weighted by Gasteiger charge is -2.21. The Morgan fingerprint density at radius 1 is 1.22 bits per heavy atom. The van der Waals surface area contributed by atoms with Gasteiger partial charge in [-0.1, -0.05) is 30.3 Å². The maximum absolute atomic E-state index is 12.1. The van der Waals surface area contributed by atoms with Gasteiger partial charge in [-0.05, 0) is 13.8 Å². The normalized spacial score (nSPS) is 13.5. The molecule has 0 heterocycles. The Morgan fingerprint density at radius 2 is 1.78 bits per heavy atom. The van der Waals surface area contributed by atoms with Gasteiger partial charge in [0.25, 0.3) is 5.60 Å². The lowest BCUT2D eigenvalue weighted by molar-refractivity contribution is -0.163. The van der Waals surface area contributed by atoms with Gasteiger partial charge in [-0.2, -0.15) is 0 Å². The maximum Gasteiger partial charge on any atom is 0.354 e. The van der Waals surface area contributed by atoms with Crippen LogP contribution in [0.1, 0.15) is 24.2 Å². The third kappa shape index (κ3) is 2.46. The summed E-state index contributed by atoms with van der Waals surface area (Å²) in [4.78, 5) is 35.1. The molecule has 1 unspecified atom stereocenters. The third-order valence-electron chi connectivity index (χ3n) is 2.44. The van der Waals surface area contributed by atoms with Gasteiger partial charge < -0.3 is 9.84 Å². The van der Waals surface area contributed by atoms with E-state index < -0.39 is 23.1 Å². The van der Waals surface area contributed by atoms with Crippen molar-refractivity contribution in [2.24, 2.45) is 0 Å². The molecule has 0 aliphatic carbocycles. The summed E-state index contributed by atoms with van der Waals surface area (Å²) in [5.74, 6) is -3.18. The lowest BCUT2D eigenvalue weighted by Crippen LogP contribution is -2.53. The number of Topliss-reactive ketones (excluding diaryl/α,β-unsaturated/α-hetero) is 2. The standard InChI is InChI=1S/C13H14O5/c1-3-18-12(16)13(17,9(2)14)11(15)10-7-5-4-6-8-10/h4-8,17H,3H2,1-2H3. The number of carbonyl (C=O) groups is 3. The SMILES string of the molecule is CCOC(=O)C(O)(C(C)=O)C(=O)c1ccccc1. The highest BCUT2D eigenvalue weighted by Crippen LogP contribution is 2.17. The highest BCUT2D eigenvalue weighted by Gasteiger charge is 2.50.